The average molecular weight is 415 g/mol. The first-order valence-electron chi connectivity index (χ1n) is 6.09. The van der Waals surface area contributed by atoms with Gasteiger partial charge in [0.15, 0.2) is 0 Å². The molecule has 1 aliphatic rings. The second-order valence-electron chi connectivity index (χ2n) is 4.75. The number of methoxy groups -OCH3 is 1. The van der Waals surface area contributed by atoms with Crippen LogP contribution in [0.4, 0.5) is 13.2 Å². The van der Waals surface area contributed by atoms with Gasteiger partial charge in [-0.3, -0.25) is 9.69 Å². The molecule has 2 rings (SSSR count). The van der Waals surface area contributed by atoms with Crippen LogP contribution in [0.5, 0.6) is 0 Å². The van der Waals surface area contributed by atoms with E-state index in [0.717, 1.165) is 12.0 Å². The molecule has 0 saturated heterocycles. The van der Waals surface area contributed by atoms with E-state index in [2.05, 4.69) is 4.74 Å². The first-order valence-corrected chi connectivity index (χ1v) is 7.17. The first-order chi connectivity index (χ1) is 9.74. The molecule has 1 aliphatic heterocycles. The molecule has 0 bridgehead atoms. The third-order valence-corrected chi connectivity index (χ3v) is 4.09. The van der Waals surface area contributed by atoms with Crippen molar-refractivity contribution < 1.29 is 27.8 Å². The summed E-state index contributed by atoms with van der Waals surface area (Å²) in [5, 5.41) is 10.2. The van der Waals surface area contributed by atoms with E-state index in [1.165, 1.54) is 12.1 Å². The van der Waals surface area contributed by atoms with Crippen LogP contribution in [-0.4, -0.2) is 42.4 Å². The van der Waals surface area contributed by atoms with Crippen LogP contribution in [0.1, 0.15) is 23.3 Å². The molecule has 0 aromatic heterocycles. The van der Waals surface area contributed by atoms with Crippen LogP contribution in [0, 0.1) is 3.57 Å². The summed E-state index contributed by atoms with van der Waals surface area (Å²) in [7, 11) is 1.15. The number of fused-ring (bicyclic) bond motifs is 1. The number of benzene rings is 1. The number of hydrogen-bond donors (Lipinski definition) is 1. The molecule has 1 N–H and O–H groups in total. The van der Waals surface area contributed by atoms with Crippen LogP contribution in [0.2, 0.25) is 0 Å². The summed E-state index contributed by atoms with van der Waals surface area (Å²) < 4.78 is 44.8. The van der Waals surface area contributed by atoms with Gasteiger partial charge in [-0.1, -0.05) is 6.07 Å². The Morgan fingerprint density at radius 2 is 2.14 bits per heavy atom. The lowest BCUT2D eigenvalue weighted by atomic mass is 9.88. The topological polar surface area (TPSA) is 49.8 Å². The molecule has 8 heteroatoms. The van der Waals surface area contributed by atoms with Crippen LogP contribution in [-0.2, 0) is 9.53 Å². The van der Waals surface area contributed by atoms with E-state index in [1.807, 2.05) is 22.6 Å². The summed E-state index contributed by atoms with van der Waals surface area (Å²) in [5.74, 6) is -2.43. The fourth-order valence-electron chi connectivity index (χ4n) is 2.37. The smallest absolute Gasteiger partial charge is 0.396 e. The molecule has 0 radical (unpaired) electrons. The minimum atomic E-state index is -4.45. The van der Waals surface area contributed by atoms with Crippen molar-refractivity contribution in [1.29, 1.82) is 0 Å². The zero-order valence-electron chi connectivity index (χ0n) is 11.0. The first kappa shape index (κ1) is 16.5. The summed E-state index contributed by atoms with van der Waals surface area (Å²) in [5.41, 5.74) is 0.232. The quantitative estimate of drug-likeness (QED) is 0.596. The van der Waals surface area contributed by atoms with E-state index >= 15 is 0 Å². The fraction of sp³-hybridized carbons (Fsp3) is 0.462. The number of rotatable bonds is 2. The van der Waals surface area contributed by atoms with E-state index in [1.54, 1.807) is 6.07 Å². The van der Waals surface area contributed by atoms with Gasteiger partial charge in [0, 0.05) is 10.1 Å². The van der Waals surface area contributed by atoms with Gasteiger partial charge >= 0.3 is 12.1 Å². The molecule has 0 amide bonds. The number of esters is 1. The van der Waals surface area contributed by atoms with Crippen molar-refractivity contribution >= 4 is 28.6 Å². The lowest BCUT2D eigenvalue weighted by molar-refractivity contribution is -0.170. The highest BCUT2D eigenvalue weighted by molar-refractivity contribution is 14.1. The molecular formula is C13H13F3INO3. The Morgan fingerprint density at radius 3 is 2.71 bits per heavy atom. The lowest BCUT2D eigenvalue weighted by Crippen LogP contribution is -2.45. The van der Waals surface area contributed by atoms with Crippen molar-refractivity contribution in [1.82, 2.24) is 4.90 Å². The second kappa shape index (κ2) is 6.09. The van der Waals surface area contributed by atoms with E-state index < -0.39 is 37.4 Å². The van der Waals surface area contributed by atoms with E-state index in [9.17, 15) is 23.1 Å². The number of carbonyl (C=O) groups excluding carboxylic acids is 1. The molecule has 1 aromatic carbocycles. The predicted octanol–water partition coefficient (Wildman–Crippen LogP) is 2.42. The molecule has 1 aromatic rings. The van der Waals surface area contributed by atoms with E-state index in [4.69, 9.17) is 0 Å². The van der Waals surface area contributed by atoms with Gasteiger partial charge in [0.25, 0.3) is 0 Å². The highest BCUT2D eigenvalue weighted by Crippen LogP contribution is 2.43. The largest absolute Gasteiger partial charge is 0.468 e. The zero-order valence-corrected chi connectivity index (χ0v) is 13.2. The van der Waals surface area contributed by atoms with Gasteiger partial charge in [-0.15, -0.1) is 0 Å². The highest BCUT2D eigenvalue weighted by atomic mass is 127. The van der Waals surface area contributed by atoms with E-state index in [0.29, 0.717) is 3.57 Å². The third kappa shape index (κ3) is 3.49. The van der Waals surface area contributed by atoms with Crippen LogP contribution < -0.4 is 0 Å². The van der Waals surface area contributed by atoms with Gasteiger partial charge in [0.1, 0.15) is 6.23 Å². The highest BCUT2D eigenvalue weighted by Gasteiger charge is 2.47. The Hall–Kier alpha value is -0.870. The summed E-state index contributed by atoms with van der Waals surface area (Å²) >= 11 is 1.93. The Kier molecular flexibility index (Phi) is 4.79. The third-order valence-electron chi connectivity index (χ3n) is 3.42. The molecule has 0 saturated carbocycles. The molecule has 116 valence electrons. The number of alkyl halides is 3. The van der Waals surface area contributed by atoms with Gasteiger partial charge in [-0.05, 0) is 45.9 Å². The SMILES string of the molecule is COC(=O)CN1CC(C(F)(F)F)c2cc(I)ccc2C1O. The minimum absolute atomic E-state index is 0.0583. The van der Waals surface area contributed by atoms with Crippen LogP contribution >= 0.6 is 22.6 Å². The van der Waals surface area contributed by atoms with Gasteiger partial charge in [0.05, 0.1) is 19.6 Å². The Balaban J connectivity index is 2.42. The number of hydrogen-bond acceptors (Lipinski definition) is 4. The van der Waals surface area contributed by atoms with Crippen molar-refractivity contribution in [3.63, 3.8) is 0 Å². The average Bonchev–Trinajstić information content (AvgIpc) is 2.40. The van der Waals surface area contributed by atoms with E-state index in [-0.39, 0.29) is 11.1 Å². The van der Waals surface area contributed by atoms with Crippen LogP contribution in [0.15, 0.2) is 18.2 Å². The van der Waals surface area contributed by atoms with Crippen LogP contribution in [0.25, 0.3) is 0 Å². The number of carbonyl (C=O) groups is 1. The maximum atomic E-state index is 13.2. The molecule has 0 fully saturated rings. The Bertz CT molecular complexity index is 550. The number of halogens is 4. The number of aliphatic hydroxyl groups is 1. The maximum Gasteiger partial charge on any atom is 0.396 e. The summed E-state index contributed by atoms with van der Waals surface area (Å²) in [6.07, 6.45) is -5.71. The lowest BCUT2D eigenvalue weighted by Gasteiger charge is -2.38. The van der Waals surface area contributed by atoms with Gasteiger partial charge in [-0.25, -0.2) is 0 Å². The minimum Gasteiger partial charge on any atom is -0.468 e. The van der Waals surface area contributed by atoms with Crippen LogP contribution in [0.3, 0.4) is 0 Å². The molecule has 4 nitrogen and oxygen atoms in total. The second-order valence-corrected chi connectivity index (χ2v) is 5.99. The van der Waals surface area contributed by atoms with Gasteiger partial charge < -0.3 is 9.84 Å². The van der Waals surface area contributed by atoms with Crippen molar-refractivity contribution in [3.05, 3.63) is 32.9 Å². The molecule has 2 unspecified atom stereocenters. The standard InChI is InChI=1S/C13H13F3INO3/c1-21-11(19)6-18-5-10(13(14,15)16)9-4-7(17)2-3-8(9)12(18)20/h2-4,10,12,20H,5-6H2,1H3. The maximum absolute atomic E-state index is 13.2. The molecule has 21 heavy (non-hydrogen) atoms. The van der Waals surface area contributed by atoms with Crippen molar-refractivity contribution in [3.8, 4) is 0 Å². The zero-order chi connectivity index (χ0) is 15.8. The Morgan fingerprint density at radius 1 is 1.48 bits per heavy atom. The summed E-state index contributed by atoms with van der Waals surface area (Å²) in [4.78, 5) is 12.4. The summed E-state index contributed by atoms with van der Waals surface area (Å²) in [6.45, 7) is -0.872. The van der Waals surface area contributed by atoms with Gasteiger partial charge in [-0.2, -0.15) is 13.2 Å². The normalized spacial score (nSPS) is 22.8. The number of aliphatic hydroxyl groups excluding tert-OH is 1. The molecule has 1 heterocycles. The molecule has 0 spiro atoms. The van der Waals surface area contributed by atoms with Crippen molar-refractivity contribution in [2.45, 2.75) is 18.3 Å². The molecular weight excluding hydrogens is 402 g/mol. The monoisotopic (exact) mass is 415 g/mol. The van der Waals surface area contributed by atoms with Crippen molar-refractivity contribution in [2.75, 3.05) is 20.2 Å². The summed E-state index contributed by atoms with van der Waals surface area (Å²) in [6, 6.07) is 4.51. The van der Waals surface area contributed by atoms with Gasteiger partial charge in [0.2, 0.25) is 0 Å². The number of ether oxygens (including phenoxy) is 1. The van der Waals surface area contributed by atoms with Crippen molar-refractivity contribution in [2.24, 2.45) is 0 Å². The Labute approximate surface area is 133 Å². The molecule has 0 aliphatic carbocycles. The molecule has 2 atom stereocenters. The predicted molar refractivity (Wildman–Crippen MR) is 76.5 cm³/mol. The number of nitrogens with zero attached hydrogens (tertiary/aromatic N) is 1. The fourth-order valence-corrected chi connectivity index (χ4v) is 2.89.